The van der Waals surface area contributed by atoms with Gasteiger partial charge in [-0.25, -0.2) is 9.59 Å². The van der Waals surface area contributed by atoms with Crippen molar-refractivity contribution in [3.8, 4) is 5.75 Å². The van der Waals surface area contributed by atoms with E-state index < -0.39 is 11.9 Å². The summed E-state index contributed by atoms with van der Waals surface area (Å²) in [5.41, 5.74) is 2.44. The predicted octanol–water partition coefficient (Wildman–Crippen LogP) is 9.53. The zero-order chi connectivity index (χ0) is 26.7. The van der Waals surface area contributed by atoms with Crippen LogP contribution in [0, 0.1) is 0 Å². The average Bonchev–Trinajstić information content (AvgIpc) is 2.91. The van der Waals surface area contributed by atoms with Crippen LogP contribution >= 0.6 is 0 Å². The summed E-state index contributed by atoms with van der Waals surface area (Å²) in [7, 11) is 0. The second kappa shape index (κ2) is 18.0. The molecule has 0 aromatic heterocycles. The Kier molecular flexibility index (Phi) is 14.6. The van der Waals surface area contributed by atoms with Crippen molar-refractivity contribution in [2.75, 3.05) is 0 Å². The maximum atomic E-state index is 11.6. The number of benzene rings is 2. The number of esters is 1. The van der Waals surface area contributed by atoms with E-state index in [1.807, 2.05) is 6.07 Å². The highest BCUT2D eigenvalue weighted by Crippen LogP contribution is 2.29. The van der Waals surface area contributed by atoms with Crippen LogP contribution in [0.1, 0.15) is 106 Å². The van der Waals surface area contributed by atoms with Crippen molar-refractivity contribution in [2.24, 2.45) is 10.2 Å². The first kappa shape index (κ1) is 29.9. The minimum atomic E-state index is -0.978. The number of rotatable bonds is 19. The number of carboxylic acid groups (broad SMARTS) is 1. The van der Waals surface area contributed by atoms with Gasteiger partial charge in [-0.2, -0.15) is 10.2 Å². The summed E-state index contributed by atoms with van der Waals surface area (Å²) < 4.78 is 5.29. The van der Waals surface area contributed by atoms with Gasteiger partial charge in [0.15, 0.2) is 0 Å². The number of aryl methyl sites for hydroxylation is 1. The van der Waals surface area contributed by atoms with E-state index in [1.54, 1.807) is 24.3 Å². The lowest BCUT2D eigenvalue weighted by atomic mass is 10.0. The second-order valence-corrected chi connectivity index (χ2v) is 9.46. The van der Waals surface area contributed by atoms with Gasteiger partial charge in [-0.15, -0.1) is 0 Å². The highest BCUT2D eigenvalue weighted by atomic mass is 16.5. The second-order valence-electron chi connectivity index (χ2n) is 9.46. The summed E-state index contributed by atoms with van der Waals surface area (Å²) in [6.07, 6.45) is 18.8. The molecule has 0 spiro atoms. The molecule has 0 saturated heterocycles. The molecule has 0 amide bonds. The first-order chi connectivity index (χ1) is 18.0. The van der Waals surface area contributed by atoms with Gasteiger partial charge in [0.2, 0.25) is 0 Å². The fraction of sp³-hybridized carbons (Fsp3) is 0.484. The number of hydrogen-bond acceptors (Lipinski definition) is 5. The number of azo groups is 1. The normalized spacial score (nSPS) is 11.1. The molecule has 0 aliphatic carbocycles. The number of unbranched alkanes of at least 4 members (excludes halogenated alkanes) is 12. The van der Waals surface area contributed by atoms with Gasteiger partial charge in [-0.05, 0) is 60.9 Å². The molecular weight excluding hydrogens is 464 g/mol. The molecule has 0 saturated carbocycles. The van der Waals surface area contributed by atoms with E-state index >= 15 is 0 Å². The third kappa shape index (κ3) is 12.5. The van der Waals surface area contributed by atoms with Crippen molar-refractivity contribution in [3.63, 3.8) is 0 Å². The van der Waals surface area contributed by atoms with E-state index in [2.05, 4.69) is 23.7 Å². The number of ether oxygens (including phenoxy) is 1. The van der Waals surface area contributed by atoms with Crippen LogP contribution in [0.25, 0.3) is 0 Å². The SMILES string of the molecule is C=CC(=O)Oc1ccc(N=Nc2ccc(C(=O)O)cc2)c(CCCCCCCCCCCCCCC)c1. The molecular formula is C31H42N2O4. The van der Waals surface area contributed by atoms with Crippen LogP contribution in [0.2, 0.25) is 0 Å². The van der Waals surface area contributed by atoms with Gasteiger partial charge in [0.1, 0.15) is 5.75 Å². The zero-order valence-corrected chi connectivity index (χ0v) is 22.3. The minimum absolute atomic E-state index is 0.204. The van der Waals surface area contributed by atoms with Crippen LogP contribution in [-0.4, -0.2) is 17.0 Å². The van der Waals surface area contributed by atoms with Gasteiger partial charge in [-0.1, -0.05) is 90.6 Å². The lowest BCUT2D eigenvalue weighted by Gasteiger charge is -2.09. The van der Waals surface area contributed by atoms with Gasteiger partial charge in [0, 0.05) is 6.08 Å². The van der Waals surface area contributed by atoms with Crippen LogP contribution in [0.5, 0.6) is 5.75 Å². The Morgan fingerprint density at radius 3 is 1.92 bits per heavy atom. The summed E-state index contributed by atoms with van der Waals surface area (Å²) in [6, 6.07) is 11.6. The molecule has 2 rings (SSSR count). The van der Waals surface area contributed by atoms with Crippen LogP contribution in [-0.2, 0) is 11.2 Å². The summed E-state index contributed by atoms with van der Waals surface area (Å²) >= 11 is 0. The molecule has 200 valence electrons. The fourth-order valence-corrected chi connectivity index (χ4v) is 4.20. The standard InChI is InChI=1S/C31H42N2O4/c1-3-5-6-7-8-9-10-11-12-13-14-15-16-17-26-24-28(37-30(34)4-2)22-23-29(26)33-32-27-20-18-25(19-21-27)31(35)36/h4,18-24H,2-3,5-17H2,1H3,(H,35,36). The van der Waals surface area contributed by atoms with Crippen molar-refractivity contribution < 1.29 is 19.4 Å². The van der Waals surface area contributed by atoms with E-state index in [0.717, 1.165) is 30.9 Å². The van der Waals surface area contributed by atoms with Gasteiger partial charge in [-0.3, -0.25) is 0 Å². The number of carboxylic acids is 1. The Morgan fingerprint density at radius 1 is 0.811 bits per heavy atom. The molecule has 2 aromatic rings. The predicted molar refractivity (Wildman–Crippen MR) is 149 cm³/mol. The van der Waals surface area contributed by atoms with Crippen molar-refractivity contribution in [1.82, 2.24) is 0 Å². The Balaban J connectivity index is 1.83. The molecule has 0 fully saturated rings. The summed E-state index contributed by atoms with van der Waals surface area (Å²) in [5, 5.41) is 17.7. The fourth-order valence-electron chi connectivity index (χ4n) is 4.20. The Hall–Kier alpha value is -3.28. The zero-order valence-electron chi connectivity index (χ0n) is 22.3. The smallest absolute Gasteiger partial charge is 0.335 e. The molecule has 37 heavy (non-hydrogen) atoms. The lowest BCUT2D eigenvalue weighted by molar-refractivity contribution is -0.128. The Bertz CT molecular complexity index is 999. The molecule has 2 aromatic carbocycles. The maximum absolute atomic E-state index is 11.6. The average molecular weight is 507 g/mol. The summed E-state index contributed by atoms with van der Waals surface area (Å²) in [5.74, 6) is -1.02. The summed E-state index contributed by atoms with van der Waals surface area (Å²) in [4.78, 5) is 22.7. The molecule has 0 unspecified atom stereocenters. The van der Waals surface area contributed by atoms with Crippen molar-refractivity contribution >= 4 is 23.3 Å². The number of aromatic carboxylic acids is 1. The van der Waals surface area contributed by atoms with E-state index in [4.69, 9.17) is 9.84 Å². The summed E-state index contributed by atoms with van der Waals surface area (Å²) in [6.45, 7) is 5.71. The molecule has 6 nitrogen and oxygen atoms in total. The highest BCUT2D eigenvalue weighted by Gasteiger charge is 2.08. The molecule has 6 heteroatoms. The molecule has 0 radical (unpaired) electrons. The van der Waals surface area contributed by atoms with Crippen LogP contribution in [0.3, 0.4) is 0 Å². The third-order valence-corrected chi connectivity index (χ3v) is 6.37. The first-order valence-corrected chi connectivity index (χ1v) is 13.8. The molecule has 0 atom stereocenters. The number of carbonyl (C=O) groups is 2. The van der Waals surface area contributed by atoms with Gasteiger partial charge in [0.25, 0.3) is 0 Å². The van der Waals surface area contributed by atoms with E-state index in [0.29, 0.717) is 17.1 Å². The lowest BCUT2D eigenvalue weighted by Crippen LogP contribution is -2.03. The molecule has 0 bridgehead atoms. The number of hydrogen-bond donors (Lipinski definition) is 1. The van der Waals surface area contributed by atoms with E-state index in [-0.39, 0.29) is 5.56 Å². The van der Waals surface area contributed by atoms with Crippen molar-refractivity contribution in [3.05, 3.63) is 66.2 Å². The van der Waals surface area contributed by atoms with Crippen molar-refractivity contribution in [1.29, 1.82) is 0 Å². The number of nitrogens with zero attached hydrogens (tertiary/aromatic N) is 2. The van der Waals surface area contributed by atoms with E-state index in [1.165, 1.54) is 82.8 Å². The molecule has 0 aliphatic rings. The topological polar surface area (TPSA) is 88.3 Å². The monoisotopic (exact) mass is 506 g/mol. The van der Waals surface area contributed by atoms with Gasteiger partial charge >= 0.3 is 11.9 Å². The quantitative estimate of drug-likeness (QED) is 0.0675. The largest absolute Gasteiger partial charge is 0.478 e. The first-order valence-electron chi connectivity index (χ1n) is 13.8. The van der Waals surface area contributed by atoms with Gasteiger partial charge < -0.3 is 9.84 Å². The van der Waals surface area contributed by atoms with Crippen molar-refractivity contribution in [2.45, 2.75) is 96.8 Å². The molecule has 1 N–H and O–H groups in total. The molecule has 0 heterocycles. The van der Waals surface area contributed by atoms with Crippen LogP contribution in [0.4, 0.5) is 11.4 Å². The Labute approximate surface area is 221 Å². The van der Waals surface area contributed by atoms with Crippen LogP contribution < -0.4 is 4.74 Å². The van der Waals surface area contributed by atoms with Gasteiger partial charge in [0.05, 0.1) is 16.9 Å². The third-order valence-electron chi connectivity index (χ3n) is 6.37. The maximum Gasteiger partial charge on any atom is 0.335 e. The number of carbonyl (C=O) groups excluding carboxylic acids is 1. The molecule has 0 aliphatic heterocycles. The van der Waals surface area contributed by atoms with E-state index in [9.17, 15) is 9.59 Å². The minimum Gasteiger partial charge on any atom is -0.478 e. The van der Waals surface area contributed by atoms with Crippen LogP contribution in [0.15, 0.2) is 65.3 Å². The Morgan fingerprint density at radius 2 is 1.38 bits per heavy atom. The highest BCUT2D eigenvalue weighted by molar-refractivity contribution is 5.87.